The Labute approximate surface area is 115 Å². The number of likely N-dealkylation sites (N-methyl/N-ethyl adjacent to an activating group) is 1. The Bertz CT molecular complexity index is 570. The number of benzene rings is 1. The van der Waals surface area contributed by atoms with Crippen LogP contribution in [0.1, 0.15) is 16.8 Å². The number of carboxylic acids is 1. The topological polar surface area (TPSA) is 95.9 Å². The lowest BCUT2D eigenvalue weighted by molar-refractivity contribution is -0.137. The summed E-state index contributed by atoms with van der Waals surface area (Å²) in [6, 6.07) is 4.61. The molecule has 2 rings (SSSR count). The van der Waals surface area contributed by atoms with E-state index in [2.05, 4.69) is 5.32 Å². The zero-order chi connectivity index (χ0) is 14.7. The van der Waals surface area contributed by atoms with Gasteiger partial charge in [0.25, 0.3) is 5.91 Å². The third-order valence-electron chi connectivity index (χ3n) is 2.81. The maximum Gasteiger partial charge on any atom is 0.323 e. The van der Waals surface area contributed by atoms with Crippen molar-refractivity contribution >= 4 is 23.5 Å². The number of aliphatic carboxylic acids is 1. The van der Waals surface area contributed by atoms with Gasteiger partial charge in [-0.15, -0.1) is 0 Å². The normalized spacial score (nSPS) is 13.6. The summed E-state index contributed by atoms with van der Waals surface area (Å²) in [5.74, 6) is -1.22. The summed E-state index contributed by atoms with van der Waals surface area (Å²) in [6.45, 7) is -0.107. The maximum absolute atomic E-state index is 12.0. The van der Waals surface area contributed by atoms with Crippen molar-refractivity contribution in [1.29, 1.82) is 0 Å². The largest absolute Gasteiger partial charge is 0.491 e. The van der Waals surface area contributed by atoms with Crippen LogP contribution in [-0.2, 0) is 9.59 Å². The number of fused-ring (bicyclic) bond motifs is 1. The fraction of sp³-hybridized carbons (Fsp3) is 0.308. The molecule has 2 amide bonds. The minimum absolute atomic E-state index is 0.188. The lowest BCUT2D eigenvalue weighted by Gasteiger charge is -2.15. The Hall–Kier alpha value is -2.57. The Morgan fingerprint density at radius 1 is 1.45 bits per heavy atom. The molecule has 7 heteroatoms. The van der Waals surface area contributed by atoms with E-state index in [4.69, 9.17) is 9.84 Å². The van der Waals surface area contributed by atoms with E-state index >= 15 is 0 Å². The summed E-state index contributed by atoms with van der Waals surface area (Å²) in [4.78, 5) is 35.2. The minimum Gasteiger partial charge on any atom is -0.491 e. The van der Waals surface area contributed by atoms with Crippen LogP contribution in [0.4, 0.5) is 5.69 Å². The molecule has 0 radical (unpaired) electrons. The average Bonchev–Trinajstić information content (AvgIpc) is 2.56. The first kappa shape index (κ1) is 13.9. The fourth-order valence-corrected chi connectivity index (χ4v) is 1.85. The van der Waals surface area contributed by atoms with Gasteiger partial charge < -0.3 is 20.1 Å². The first-order chi connectivity index (χ1) is 9.47. The van der Waals surface area contributed by atoms with E-state index in [9.17, 15) is 14.4 Å². The predicted octanol–water partition coefficient (Wildman–Crippen LogP) is 0.564. The standard InChI is InChI=1S/C13H14N2O5/c1-15(7-12(17)18)13(19)8-2-3-10-9(6-8)14-11(16)4-5-20-10/h2-3,6H,4-5,7H2,1H3,(H,14,16)(H,17,18). The summed E-state index contributed by atoms with van der Waals surface area (Å²) in [5, 5.41) is 11.3. The lowest BCUT2D eigenvalue weighted by Crippen LogP contribution is -2.31. The van der Waals surface area contributed by atoms with Crippen molar-refractivity contribution in [2.45, 2.75) is 6.42 Å². The molecule has 0 bridgehead atoms. The van der Waals surface area contributed by atoms with E-state index in [0.717, 1.165) is 4.90 Å². The number of ether oxygens (including phenoxy) is 1. The van der Waals surface area contributed by atoms with Gasteiger partial charge in [-0.3, -0.25) is 14.4 Å². The van der Waals surface area contributed by atoms with Crippen LogP contribution in [0.3, 0.4) is 0 Å². The van der Waals surface area contributed by atoms with Gasteiger partial charge >= 0.3 is 5.97 Å². The zero-order valence-electron chi connectivity index (χ0n) is 10.9. The zero-order valence-corrected chi connectivity index (χ0v) is 10.9. The second-order valence-corrected chi connectivity index (χ2v) is 4.41. The highest BCUT2D eigenvalue weighted by atomic mass is 16.5. The van der Waals surface area contributed by atoms with E-state index < -0.39 is 18.4 Å². The second kappa shape index (κ2) is 5.60. The summed E-state index contributed by atoms with van der Waals surface area (Å²) < 4.78 is 5.38. The number of hydrogen-bond acceptors (Lipinski definition) is 4. The molecular weight excluding hydrogens is 264 g/mol. The highest BCUT2D eigenvalue weighted by Gasteiger charge is 2.19. The number of carbonyl (C=O) groups is 3. The molecule has 0 atom stereocenters. The smallest absolute Gasteiger partial charge is 0.323 e. The molecule has 1 aliphatic rings. The van der Waals surface area contributed by atoms with Crippen LogP contribution in [0, 0.1) is 0 Å². The molecule has 0 saturated heterocycles. The predicted molar refractivity (Wildman–Crippen MR) is 69.8 cm³/mol. The first-order valence-corrected chi connectivity index (χ1v) is 6.01. The van der Waals surface area contributed by atoms with Crippen LogP contribution in [0.25, 0.3) is 0 Å². The molecule has 2 N–H and O–H groups in total. The summed E-state index contributed by atoms with van der Waals surface area (Å²) in [7, 11) is 1.40. The molecule has 1 aliphatic heterocycles. The summed E-state index contributed by atoms with van der Waals surface area (Å²) in [6.07, 6.45) is 0.247. The van der Waals surface area contributed by atoms with Crippen LogP contribution >= 0.6 is 0 Å². The average molecular weight is 278 g/mol. The molecule has 1 heterocycles. The summed E-state index contributed by atoms with van der Waals surface area (Å²) in [5.41, 5.74) is 0.709. The van der Waals surface area contributed by atoms with Gasteiger partial charge in [0.05, 0.1) is 18.7 Å². The van der Waals surface area contributed by atoms with Crippen LogP contribution in [0.5, 0.6) is 5.75 Å². The van der Waals surface area contributed by atoms with E-state index in [1.807, 2.05) is 0 Å². The number of amides is 2. The Morgan fingerprint density at radius 2 is 2.20 bits per heavy atom. The van der Waals surface area contributed by atoms with Gasteiger partial charge in [0.2, 0.25) is 5.91 Å². The molecule has 0 spiro atoms. The van der Waals surface area contributed by atoms with E-state index in [1.165, 1.54) is 19.2 Å². The van der Waals surface area contributed by atoms with E-state index in [-0.39, 0.29) is 18.9 Å². The van der Waals surface area contributed by atoms with Gasteiger partial charge in [-0.2, -0.15) is 0 Å². The Kier molecular flexibility index (Phi) is 3.88. The molecule has 0 aromatic heterocycles. The molecule has 1 aromatic carbocycles. The summed E-state index contributed by atoms with van der Waals surface area (Å²) >= 11 is 0. The van der Waals surface area contributed by atoms with Crippen LogP contribution in [0.2, 0.25) is 0 Å². The number of hydrogen-bond donors (Lipinski definition) is 2. The van der Waals surface area contributed by atoms with Gasteiger partial charge in [-0.25, -0.2) is 0 Å². The van der Waals surface area contributed by atoms with Gasteiger partial charge in [0.1, 0.15) is 12.3 Å². The first-order valence-electron chi connectivity index (χ1n) is 6.01. The molecule has 7 nitrogen and oxygen atoms in total. The maximum atomic E-state index is 12.0. The fourth-order valence-electron chi connectivity index (χ4n) is 1.85. The molecular formula is C13H14N2O5. The number of anilines is 1. The highest BCUT2D eigenvalue weighted by Crippen LogP contribution is 2.28. The second-order valence-electron chi connectivity index (χ2n) is 4.41. The minimum atomic E-state index is -1.09. The van der Waals surface area contributed by atoms with Gasteiger partial charge in [-0.05, 0) is 18.2 Å². The van der Waals surface area contributed by atoms with Gasteiger partial charge in [0.15, 0.2) is 0 Å². The quantitative estimate of drug-likeness (QED) is 0.842. The number of nitrogens with zero attached hydrogens (tertiary/aromatic N) is 1. The van der Waals surface area contributed by atoms with Crippen LogP contribution in [-0.4, -0.2) is 48.0 Å². The molecule has 20 heavy (non-hydrogen) atoms. The molecule has 106 valence electrons. The SMILES string of the molecule is CN(CC(=O)O)C(=O)c1ccc2c(c1)NC(=O)CCO2. The number of carboxylic acid groups (broad SMARTS) is 1. The number of rotatable bonds is 3. The van der Waals surface area contributed by atoms with Crippen LogP contribution in [0.15, 0.2) is 18.2 Å². The van der Waals surface area contributed by atoms with Crippen molar-refractivity contribution in [3.05, 3.63) is 23.8 Å². The third kappa shape index (κ3) is 3.05. The van der Waals surface area contributed by atoms with Crippen molar-refractivity contribution < 1.29 is 24.2 Å². The number of carbonyl (C=O) groups excluding carboxylic acids is 2. The van der Waals surface area contributed by atoms with E-state index in [0.29, 0.717) is 17.0 Å². The monoisotopic (exact) mass is 278 g/mol. The lowest BCUT2D eigenvalue weighted by atomic mass is 10.1. The molecule has 0 unspecified atom stereocenters. The third-order valence-corrected chi connectivity index (χ3v) is 2.81. The molecule has 0 fully saturated rings. The van der Waals surface area contributed by atoms with Crippen molar-refractivity contribution in [1.82, 2.24) is 4.90 Å². The Balaban J connectivity index is 2.24. The van der Waals surface area contributed by atoms with Crippen molar-refractivity contribution in [2.75, 3.05) is 25.5 Å². The molecule has 0 saturated carbocycles. The van der Waals surface area contributed by atoms with Gasteiger partial charge in [-0.1, -0.05) is 0 Å². The van der Waals surface area contributed by atoms with E-state index in [1.54, 1.807) is 6.07 Å². The highest BCUT2D eigenvalue weighted by molar-refractivity contribution is 5.99. The Morgan fingerprint density at radius 3 is 2.90 bits per heavy atom. The van der Waals surface area contributed by atoms with Crippen molar-refractivity contribution in [3.8, 4) is 5.75 Å². The molecule has 0 aliphatic carbocycles. The number of nitrogens with one attached hydrogen (secondary N) is 1. The van der Waals surface area contributed by atoms with Gasteiger partial charge in [0, 0.05) is 12.6 Å². The van der Waals surface area contributed by atoms with Crippen LogP contribution < -0.4 is 10.1 Å². The van der Waals surface area contributed by atoms with Crippen molar-refractivity contribution in [2.24, 2.45) is 0 Å². The molecule has 1 aromatic rings. The van der Waals surface area contributed by atoms with Crippen molar-refractivity contribution in [3.63, 3.8) is 0 Å².